The zero-order valence-corrected chi connectivity index (χ0v) is 19.8. The SMILES string of the molecule is Cc1ccccc1CC(=O)N1CCCCC1c1nc2c(c(=O)[nH]1)CCN(C1CCCCC1)C2. The second-order valence-electron chi connectivity index (χ2n) is 10.1. The fourth-order valence-corrected chi connectivity index (χ4v) is 5.98. The number of hydrogen-bond donors (Lipinski definition) is 1. The highest BCUT2D eigenvalue weighted by molar-refractivity contribution is 5.79. The number of hydrogen-bond acceptors (Lipinski definition) is 4. The van der Waals surface area contributed by atoms with Crippen LogP contribution in [0.15, 0.2) is 29.1 Å². The number of H-pyrrole nitrogens is 1. The lowest BCUT2D eigenvalue weighted by atomic mass is 9.92. The first-order chi connectivity index (χ1) is 16.1. The van der Waals surface area contributed by atoms with Gasteiger partial charge in [-0.3, -0.25) is 14.5 Å². The minimum Gasteiger partial charge on any atom is -0.332 e. The van der Waals surface area contributed by atoms with Gasteiger partial charge in [-0.25, -0.2) is 4.98 Å². The summed E-state index contributed by atoms with van der Waals surface area (Å²) in [6.07, 6.45) is 10.6. The first-order valence-electron chi connectivity index (χ1n) is 12.8. The van der Waals surface area contributed by atoms with Gasteiger partial charge in [0.15, 0.2) is 0 Å². The molecule has 1 atom stereocenters. The predicted octanol–water partition coefficient (Wildman–Crippen LogP) is 4.07. The van der Waals surface area contributed by atoms with Crippen LogP contribution in [0.1, 0.15) is 85.6 Å². The van der Waals surface area contributed by atoms with Crippen LogP contribution < -0.4 is 5.56 Å². The lowest BCUT2D eigenvalue weighted by molar-refractivity contribution is -0.134. The largest absolute Gasteiger partial charge is 0.332 e. The van der Waals surface area contributed by atoms with Gasteiger partial charge >= 0.3 is 0 Å². The summed E-state index contributed by atoms with van der Waals surface area (Å²) in [6.45, 7) is 4.49. The van der Waals surface area contributed by atoms with Crippen LogP contribution in [0.4, 0.5) is 0 Å². The van der Waals surface area contributed by atoms with Crippen LogP contribution in [0.5, 0.6) is 0 Å². The van der Waals surface area contributed by atoms with E-state index in [9.17, 15) is 9.59 Å². The lowest BCUT2D eigenvalue weighted by Crippen LogP contribution is -2.44. The lowest BCUT2D eigenvalue weighted by Gasteiger charge is -2.38. The summed E-state index contributed by atoms with van der Waals surface area (Å²) in [5.41, 5.74) is 3.99. The Kier molecular flexibility index (Phi) is 6.63. The van der Waals surface area contributed by atoms with Gasteiger partial charge in [-0.05, 0) is 56.6 Å². The maximum Gasteiger partial charge on any atom is 0.254 e. The molecule has 6 nitrogen and oxygen atoms in total. The molecule has 1 unspecified atom stereocenters. The smallest absolute Gasteiger partial charge is 0.254 e. The average molecular weight is 449 g/mol. The van der Waals surface area contributed by atoms with Crippen molar-refractivity contribution in [3.63, 3.8) is 0 Å². The summed E-state index contributed by atoms with van der Waals surface area (Å²) in [5.74, 6) is 0.806. The van der Waals surface area contributed by atoms with E-state index in [-0.39, 0.29) is 17.5 Å². The first-order valence-corrected chi connectivity index (χ1v) is 12.8. The fraction of sp³-hybridized carbons (Fsp3) is 0.593. The second-order valence-corrected chi connectivity index (χ2v) is 10.1. The number of amides is 1. The summed E-state index contributed by atoms with van der Waals surface area (Å²) in [4.78, 5) is 38.9. The Balaban J connectivity index is 1.38. The molecule has 0 spiro atoms. The topological polar surface area (TPSA) is 69.3 Å². The third-order valence-electron chi connectivity index (χ3n) is 7.95. The van der Waals surface area contributed by atoms with Crippen molar-refractivity contribution in [1.29, 1.82) is 0 Å². The number of likely N-dealkylation sites (tertiary alicyclic amines) is 1. The number of rotatable bonds is 4. The van der Waals surface area contributed by atoms with Crippen molar-refractivity contribution in [3.8, 4) is 0 Å². The maximum absolute atomic E-state index is 13.3. The molecule has 1 N–H and O–H groups in total. The van der Waals surface area contributed by atoms with E-state index < -0.39 is 0 Å². The normalized spacial score (nSPS) is 22.2. The zero-order valence-electron chi connectivity index (χ0n) is 19.8. The molecule has 2 fully saturated rings. The van der Waals surface area contributed by atoms with E-state index in [1.807, 2.05) is 23.1 Å². The van der Waals surface area contributed by atoms with Crippen LogP contribution in [0.3, 0.4) is 0 Å². The molecule has 1 saturated heterocycles. The number of nitrogens with zero attached hydrogens (tertiary/aromatic N) is 3. The molecule has 1 amide bonds. The number of aryl methyl sites for hydroxylation is 1. The van der Waals surface area contributed by atoms with Crippen molar-refractivity contribution >= 4 is 5.91 Å². The molecule has 5 rings (SSSR count). The molecule has 3 aliphatic rings. The molecule has 176 valence electrons. The predicted molar refractivity (Wildman–Crippen MR) is 129 cm³/mol. The number of nitrogens with one attached hydrogen (secondary N) is 1. The molecular formula is C27H36N4O2. The summed E-state index contributed by atoms with van der Waals surface area (Å²) in [7, 11) is 0. The summed E-state index contributed by atoms with van der Waals surface area (Å²) >= 11 is 0. The highest BCUT2D eigenvalue weighted by Gasteiger charge is 2.32. The van der Waals surface area contributed by atoms with Crippen LogP contribution in [-0.4, -0.2) is 44.8 Å². The van der Waals surface area contributed by atoms with Crippen LogP contribution >= 0.6 is 0 Å². The molecule has 2 aliphatic heterocycles. The van der Waals surface area contributed by atoms with Gasteiger partial charge in [0.25, 0.3) is 5.56 Å². The third kappa shape index (κ3) is 4.77. The van der Waals surface area contributed by atoms with E-state index >= 15 is 0 Å². The average Bonchev–Trinajstić information content (AvgIpc) is 2.85. The van der Waals surface area contributed by atoms with Crippen molar-refractivity contribution in [2.45, 2.75) is 89.8 Å². The first kappa shape index (κ1) is 22.3. The molecule has 3 heterocycles. The molecule has 0 bridgehead atoms. The Morgan fingerprint density at radius 1 is 1.06 bits per heavy atom. The molecule has 1 saturated carbocycles. The second kappa shape index (κ2) is 9.80. The van der Waals surface area contributed by atoms with Crippen LogP contribution in [0.25, 0.3) is 0 Å². The van der Waals surface area contributed by atoms with Crippen molar-refractivity contribution in [3.05, 3.63) is 62.8 Å². The molecule has 6 heteroatoms. The Morgan fingerprint density at radius 2 is 1.85 bits per heavy atom. The van der Waals surface area contributed by atoms with Crippen molar-refractivity contribution in [2.24, 2.45) is 0 Å². The van der Waals surface area contributed by atoms with E-state index in [2.05, 4.69) is 22.9 Å². The Morgan fingerprint density at radius 3 is 2.67 bits per heavy atom. The van der Waals surface area contributed by atoms with E-state index in [4.69, 9.17) is 4.98 Å². The highest BCUT2D eigenvalue weighted by atomic mass is 16.2. The Hall–Kier alpha value is -2.47. The van der Waals surface area contributed by atoms with Crippen molar-refractivity contribution in [1.82, 2.24) is 19.8 Å². The van der Waals surface area contributed by atoms with Gasteiger partial charge in [0.2, 0.25) is 5.91 Å². The minimum absolute atomic E-state index is 0.00447. The summed E-state index contributed by atoms with van der Waals surface area (Å²) < 4.78 is 0. The monoisotopic (exact) mass is 448 g/mol. The number of aromatic nitrogens is 2. The standard InChI is InChI=1S/C27H36N4O2/c1-19-9-5-6-10-20(19)17-25(32)31-15-8-7-13-24(31)26-28-23-18-30(21-11-3-2-4-12-21)16-14-22(23)27(33)29-26/h5-6,9-10,21,24H,2-4,7-8,11-18H2,1H3,(H,28,29,33). The van der Waals surface area contributed by atoms with Gasteiger partial charge in [0.1, 0.15) is 5.82 Å². The quantitative estimate of drug-likeness (QED) is 0.766. The molecule has 1 aliphatic carbocycles. The molecule has 1 aromatic heterocycles. The van der Waals surface area contributed by atoms with Crippen LogP contribution in [0.2, 0.25) is 0 Å². The van der Waals surface area contributed by atoms with E-state index in [1.165, 1.54) is 32.1 Å². The fourth-order valence-electron chi connectivity index (χ4n) is 5.98. The highest BCUT2D eigenvalue weighted by Crippen LogP contribution is 2.31. The Bertz CT molecular complexity index is 1060. The maximum atomic E-state index is 13.3. The summed E-state index contributed by atoms with van der Waals surface area (Å²) in [6, 6.07) is 8.56. The van der Waals surface area contributed by atoms with Crippen molar-refractivity contribution in [2.75, 3.05) is 13.1 Å². The number of piperidine rings is 1. The van der Waals surface area contributed by atoms with Crippen LogP contribution in [0, 0.1) is 6.92 Å². The van der Waals surface area contributed by atoms with Gasteiger partial charge in [-0.15, -0.1) is 0 Å². The van der Waals surface area contributed by atoms with Gasteiger partial charge in [-0.1, -0.05) is 43.5 Å². The number of carbonyl (C=O) groups is 1. The van der Waals surface area contributed by atoms with Gasteiger partial charge in [0.05, 0.1) is 18.2 Å². The molecule has 0 radical (unpaired) electrons. The zero-order chi connectivity index (χ0) is 22.8. The van der Waals surface area contributed by atoms with Crippen molar-refractivity contribution < 1.29 is 4.79 Å². The number of fused-ring (bicyclic) bond motifs is 1. The van der Waals surface area contributed by atoms with Gasteiger partial charge in [-0.2, -0.15) is 0 Å². The molecule has 1 aromatic carbocycles. The van der Waals surface area contributed by atoms with Gasteiger partial charge in [0, 0.05) is 31.2 Å². The van der Waals surface area contributed by atoms with E-state index in [0.717, 1.165) is 67.7 Å². The summed E-state index contributed by atoms with van der Waals surface area (Å²) in [5, 5.41) is 0. The number of aromatic amines is 1. The van der Waals surface area contributed by atoms with Gasteiger partial charge < -0.3 is 9.88 Å². The minimum atomic E-state index is -0.140. The molecule has 33 heavy (non-hydrogen) atoms. The van der Waals surface area contributed by atoms with E-state index in [1.54, 1.807) is 0 Å². The number of benzene rings is 1. The number of carbonyl (C=O) groups excluding carboxylic acids is 1. The molecule has 2 aromatic rings. The van der Waals surface area contributed by atoms with Crippen LogP contribution in [-0.2, 0) is 24.2 Å². The molecular weight excluding hydrogens is 412 g/mol. The van der Waals surface area contributed by atoms with E-state index in [0.29, 0.717) is 18.3 Å². The third-order valence-corrected chi connectivity index (χ3v) is 7.95. The Labute approximate surface area is 196 Å².